The highest BCUT2D eigenvalue weighted by Crippen LogP contribution is 2.28. The Balaban J connectivity index is 2.16. The molecule has 0 aliphatic carbocycles. The molecule has 5 heteroatoms. The van der Waals surface area contributed by atoms with Crippen molar-refractivity contribution in [2.45, 2.75) is 6.54 Å². The molecule has 1 aromatic heterocycles. The van der Waals surface area contributed by atoms with E-state index in [0.717, 1.165) is 28.1 Å². The lowest BCUT2D eigenvalue weighted by molar-refractivity contribution is 0.979. The van der Waals surface area contributed by atoms with E-state index in [9.17, 15) is 0 Å². The highest BCUT2D eigenvalue weighted by Gasteiger charge is 2.05. The number of hydrogen-bond donors (Lipinski definition) is 2. The number of aromatic nitrogens is 2. The first-order valence-corrected chi connectivity index (χ1v) is 6.15. The van der Waals surface area contributed by atoms with E-state index in [2.05, 4.69) is 48.5 Å². The van der Waals surface area contributed by atoms with Gasteiger partial charge in [-0.05, 0) is 24.3 Å². The van der Waals surface area contributed by atoms with Gasteiger partial charge in [-0.15, -0.1) is 0 Å². The molecule has 0 aliphatic rings. The fourth-order valence-electron chi connectivity index (χ4n) is 1.61. The summed E-state index contributed by atoms with van der Waals surface area (Å²) in [4.78, 5) is 2.09. The molecular formula is C12H15BrN4. The van der Waals surface area contributed by atoms with Gasteiger partial charge in [0.2, 0.25) is 0 Å². The molecule has 2 aromatic rings. The smallest absolute Gasteiger partial charge is 0.0597 e. The van der Waals surface area contributed by atoms with E-state index in [4.69, 9.17) is 0 Å². The second-order valence-electron chi connectivity index (χ2n) is 3.99. The average Bonchev–Trinajstić information content (AvgIpc) is 2.78. The van der Waals surface area contributed by atoms with Gasteiger partial charge in [0, 0.05) is 24.8 Å². The van der Waals surface area contributed by atoms with Crippen LogP contribution >= 0.6 is 15.9 Å². The van der Waals surface area contributed by atoms with Gasteiger partial charge in [0.1, 0.15) is 0 Å². The lowest BCUT2D eigenvalue weighted by atomic mass is 10.2. The number of nitrogens with zero attached hydrogens (tertiary/aromatic N) is 2. The summed E-state index contributed by atoms with van der Waals surface area (Å²) in [6, 6.07) is 8.15. The number of nitrogens with one attached hydrogen (secondary N) is 2. The summed E-state index contributed by atoms with van der Waals surface area (Å²) in [5.41, 5.74) is 3.32. The molecule has 0 amide bonds. The molecule has 2 N–H and O–H groups in total. The Labute approximate surface area is 109 Å². The van der Waals surface area contributed by atoms with E-state index in [1.807, 2.05) is 26.2 Å². The fourth-order valence-corrected chi connectivity index (χ4v) is 1.97. The minimum atomic E-state index is 0.733. The summed E-state index contributed by atoms with van der Waals surface area (Å²) in [6.07, 6.45) is 1.75. The van der Waals surface area contributed by atoms with Crippen molar-refractivity contribution >= 4 is 27.3 Å². The van der Waals surface area contributed by atoms with Crippen molar-refractivity contribution < 1.29 is 0 Å². The molecular weight excluding hydrogens is 280 g/mol. The second-order valence-corrected chi connectivity index (χ2v) is 4.91. The number of anilines is 2. The van der Waals surface area contributed by atoms with Crippen molar-refractivity contribution in [3.05, 3.63) is 40.6 Å². The van der Waals surface area contributed by atoms with E-state index >= 15 is 0 Å². The first-order valence-electron chi connectivity index (χ1n) is 5.36. The molecule has 0 aliphatic heterocycles. The van der Waals surface area contributed by atoms with Crippen LogP contribution in [-0.4, -0.2) is 24.3 Å². The first-order chi connectivity index (χ1) is 8.16. The molecule has 90 valence electrons. The van der Waals surface area contributed by atoms with Gasteiger partial charge in [-0.2, -0.15) is 5.10 Å². The lowest BCUT2D eigenvalue weighted by Crippen LogP contribution is -2.12. The van der Waals surface area contributed by atoms with Crippen LogP contribution in [0.3, 0.4) is 0 Å². The molecule has 1 aromatic carbocycles. The summed E-state index contributed by atoms with van der Waals surface area (Å²) in [7, 11) is 4.06. The summed E-state index contributed by atoms with van der Waals surface area (Å²) in [6.45, 7) is 0.733. The maximum Gasteiger partial charge on any atom is 0.0597 e. The van der Waals surface area contributed by atoms with Crippen molar-refractivity contribution in [1.82, 2.24) is 10.2 Å². The highest BCUT2D eigenvalue weighted by atomic mass is 79.9. The maximum atomic E-state index is 3.92. The largest absolute Gasteiger partial charge is 0.378 e. The van der Waals surface area contributed by atoms with E-state index in [1.165, 1.54) is 0 Å². The van der Waals surface area contributed by atoms with Crippen LogP contribution in [0.1, 0.15) is 5.69 Å². The molecule has 0 bridgehead atoms. The summed E-state index contributed by atoms with van der Waals surface area (Å²) < 4.78 is 1.07. The standard InChI is InChI=1S/C12H15BrN4/c1-17(2)12-4-3-9(13)7-11(12)14-8-10-5-6-15-16-10/h3-7,14H,8H2,1-2H3,(H,15,16). The number of hydrogen-bond acceptors (Lipinski definition) is 3. The number of halogens is 1. The van der Waals surface area contributed by atoms with Crippen LogP contribution in [0.5, 0.6) is 0 Å². The first kappa shape index (κ1) is 12.0. The summed E-state index contributed by atoms with van der Waals surface area (Å²) in [5.74, 6) is 0. The zero-order valence-corrected chi connectivity index (χ0v) is 11.5. The van der Waals surface area contributed by atoms with Gasteiger partial charge in [0.25, 0.3) is 0 Å². The number of H-pyrrole nitrogens is 1. The van der Waals surface area contributed by atoms with Crippen molar-refractivity contribution in [2.75, 3.05) is 24.3 Å². The zero-order valence-electron chi connectivity index (χ0n) is 9.87. The predicted molar refractivity (Wildman–Crippen MR) is 74.4 cm³/mol. The van der Waals surface area contributed by atoms with Crippen LogP contribution < -0.4 is 10.2 Å². The Morgan fingerprint density at radius 1 is 1.35 bits per heavy atom. The van der Waals surface area contributed by atoms with Gasteiger partial charge in [-0.25, -0.2) is 0 Å². The van der Waals surface area contributed by atoms with Gasteiger partial charge in [-0.1, -0.05) is 15.9 Å². The number of benzene rings is 1. The van der Waals surface area contributed by atoms with E-state index in [0.29, 0.717) is 0 Å². The topological polar surface area (TPSA) is 44.0 Å². The Morgan fingerprint density at radius 2 is 2.18 bits per heavy atom. The number of rotatable bonds is 4. The van der Waals surface area contributed by atoms with E-state index in [-0.39, 0.29) is 0 Å². The molecule has 1 heterocycles. The van der Waals surface area contributed by atoms with Gasteiger partial charge in [0.15, 0.2) is 0 Å². The minimum Gasteiger partial charge on any atom is -0.378 e. The highest BCUT2D eigenvalue weighted by molar-refractivity contribution is 9.10. The Kier molecular flexibility index (Phi) is 3.68. The molecule has 0 unspecified atom stereocenters. The minimum absolute atomic E-state index is 0.733. The van der Waals surface area contributed by atoms with Gasteiger partial charge in [0.05, 0.1) is 23.6 Å². The fraction of sp³-hybridized carbons (Fsp3) is 0.250. The third-order valence-corrected chi connectivity index (χ3v) is 2.96. The average molecular weight is 295 g/mol. The van der Waals surface area contributed by atoms with Crippen molar-refractivity contribution in [2.24, 2.45) is 0 Å². The molecule has 0 spiro atoms. The van der Waals surface area contributed by atoms with Gasteiger partial charge < -0.3 is 10.2 Å². The Hall–Kier alpha value is -1.49. The van der Waals surface area contributed by atoms with Crippen LogP contribution in [0.15, 0.2) is 34.9 Å². The summed E-state index contributed by atoms with van der Waals surface area (Å²) in [5, 5.41) is 10.3. The van der Waals surface area contributed by atoms with Crippen molar-refractivity contribution in [1.29, 1.82) is 0 Å². The molecule has 4 nitrogen and oxygen atoms in total. The lowest BCUT2D eigenvalue weighted by Gasteiger charge is -2.18. The normalized spacial score (nSPS) is 10.3. The van der Waals surface area contributed by atoms with Gasteiger partial charge >= 0.3 is 0 Å². The van der Waals surface area contributed by atoms with Crippen LogP contribution in [0.25, 0.3) is 0 Å². The maximum absolute atomic E-state index is 3.92. The molecule has 0 saturated carbocycles. The second kappa shape index (κ2) is 5.23. The third kappa shape index (κ3) is 3.00. The van der Waals surface area contributed by atoms with Crippen molar-refractivity contribution in [3.63, 3.8) is 0 Å². The van der Waals surface area contributed by atoms with Gasteiger partial charge in [-0.3, -0.25) is 5.10 Å². The Bertz CT molecular complexity index is 479. The molecule has 0 saturated heterocycles. The van der Waals surface area contributed by atoms with Crippen molar-refractivity contribution in [3.8, 4) is 0 Å². The van der Waals surface area contributed by atoms with E-state index < -0.39 is 0 Å². The third-order valence-electron chi connectivity index (χ3n) is 2.47. The molecule has 2 rings (SSSR count). The van der Waals surface area contributed by atoms with Crippen LogP contribution in [0.4, 0.5) is 11.4 Å². The van der Waals surface area contributed by atoms with E-state index in [1.54, 1.807) is 6.20 Å². The van der Waals surface area contributed by atoms with Crippen LogP contribution in [0, 0.1) is 0 Å². The quantitative estimate of drug-likeness (QED) is 0.911. The predicted octanol–water partition coefficient (Wildman–Crippen LogP) is 2.85. The Morgan fingerprint density at radius 3 is 2.82 bits per heavy atom. The molecule has 0 fully saturated rings. The van der Waals surface area contributed by atoms with Crippen LogP contribution in [-0.2, 0) is 6.54 Å². The monoisotopic (exact) mass is 294 g/mol. The summed E-state index contributed by atoms with van der Waals surface area (Å²) >= 11 is 3.49. The SMILES string of the molecule is CN(C)c1ccc(Br)cc1NCc1ccn[nH]1. The molecule has 0 atom stereocenters. The van der Waals surface area contributed by atoms with Crippen LogP contribution in [0.2, 0.25) is 0 Å². The molecule has 0 radical (unpaired) electrons. The number of aromatic amines is 1. The zero-order chi connectivity index (χ0) is 12.3. The molecule has 17 heavy (non-hydrogen) atoms.